The number of rotatable bonds is 2. The SMILES string of the molecule is CC=C(C)Cc1cccc(Br)c1. The summed E-state index contributed by atoms with van der Waals surface area (Å²) in [6.45, 7) is 4.23. The van der Waals surface area contributed by atoms with E-state index in [0.717, 1.165) is 10.9 Å². The molecule has 0 aliphatic rings. The monoisotopic (exact) mass is 224 g/mol. The van der Waals surface area contributed by atoms with Gasteiger partial charge < -0.3 is 0 Å². The lowest BCUT2D eigenvalue weighted by molar-refractivity contribution is 1.13. The van der Waals surface area contributed by atoms with E-state index in [2.05, 4.69) is 60.1 Å². The summed E-state index contributed by atoms with van der Waals surface area (Å²) < 4.78 is 1.16. The standard InChI is InChI=1S/C11H13Br/c1-3-9(2)7-10-5-4-6-11(12)8-10/h3-6,8H,7H2,1-2H3. The molecule has 0 aliphatic heterocycles. The zero-order valence-corrected chi connectivity index (χ0v) is 9.06. The first-order chi connectivity index (χ1) is 5.72. The molecule has 64 valence electrons. The van der Waals surface area contributed by atoms with E-state index in [4.69, 9.17) is 0 Å². The number of halogens is 1. The van der Waals surface area contributed by atoms with Crippen LogP contribution in [0.3, 0.4) is 0 Å². The highest BCUT2D eigenvalue weighted by Crippen LogP contribution is 2.14. The van der Waals surface area contributed by atoms with E-state index in [9.17, 15) is 0 Å². The van der Waals surface area contributed by atoms with Crippen LogP contribution >= 0.6 is 15.9 Å². The predicted molar refractivity (Wildman–Crippen MR) is 57.3 cm³/mol. The van der Waals surface area contributed by atoms with Gasteiger partial charge in [0.2, 0.25) is 0 Å². The molecule has 0 aliphatic carbocycles. The van der Waals surface area contributed by atoms with Gasteiger partial charge in [-0.1, -0.05) is 39.7 Å². The Kier molecular flexibility index (Phi) is 3.54. The first-order valence-corrected chi connectivity index (χ1v) is 4.88. The Bertz CT molecular complexity index is 287. The van der Waals surface area contributed by atoms with Crippen molar-refractivity contribution < 1.29 is 0 Å². The van der Waals surface area contributed by atoms with Crippen LogP contribution in [-0.2, 0) is 6.42 Å². The van der Waals surface area contributed by atoms with Gasteiger partial charge in [-0.05, 0) is 38.0 Å². The Balaban J connectivity index is 2.76. The van der Waals surface area contributed by atoms with Gasteiger partial charge in [0.05, 0.1) is 0 Å². The summed E-state index contributed by atoms with van der Waals surface area (Å²) in [5.74, 6) is 0. The van der Waals surface area contributed by atoms with Crippen molar-refractivity contribution >= 4 is 15.9 Å². The minimum Gasteiger partial charge on any atom is -0.0884 e. The van der Waals surface area contributed by atoms with Crippen LogP contribution in [0.2, 0.25) is 0 Å². The molecule has 0 atom stereocenters. The molecule has 0 aromatic heterocycles. The summed E-state index contributed by atoms with van der Waals surface area (Å²) in [5.41, 5.74) is 2.77. The maximum atomic E-state index is 3.45. The largest absolute Gasteiger partial charge is 0.0884 e. The smallest absolute Gasteiger partial charge is 0.0178 e. The van der Waals surface area contributed by atoms with Crippen LogP contribution in [0.4, 0.5) is 0 Å². The van der Waals surface area contributed by atoms with Crippen LogP contribution in [0.15, 0.2) is 40.4 Å². The molecule has 1 aromatic carbocycles. The Hall–Kier alpha value is -0.560. The molecule has 0 heterocycles. The second-order valence-corrected chi connectivity index (χ2v) is 3.86. The number of hydrogen-bond acceptors (Lipinski definition) is 0. The average Bonchev–Trinajstić information content (AvgIpc) is 2.04. The zero-order chi connectivity index (χ0) is 8.97. The van der Waals surface area contributed by atoms with E-state index < -0.39 is 0 Å². The molecular formula is C11H13Br. The zero-order valence-electron chi connectivity index (χ0n) is 7.47. The fraction of sp³-hybridized carbons (Fsp3) is 0.273. The predicted octanol–water partition coefficient (Wildman–Crippen LogP) is 3.96. The van der Waals surface area contributed by atoms with Crippen molar-refractivity contribution in [2.75, 3.05) is 0 Å². The molecule has 1 rings (SSSR count). The van der Waals surface area contributed by atoms with Crippen molar-refractivity contribution in [3.63, 3.8) is 0 Å². The van der Waals surface area contributed by atoms with Crippen molar-refractivity contribution in [3.8, 4) is 0 Å². The van der Waals surface area contributed by atoms with Gasteiger partial charge in [0.1, 0.15) is 0 Å². The molecule has 0 fully saturated rings. The quantitative estimate of drug-likeness (QED) is 0.668. The Morgan fingerprint density at radius 2 is 2.25 bits per heavy atom. The van der Waals surface area contributed by atoms with Crippen molar-refractivity contribution in [1.29, 1.82) is 0 Å². The van der Waals surface area contributed by atoms with Crippen LogP contribution < -0.4 is 0 Å². The lowest BCUT2D eigenvalue weighted by Gasteiger charge is -2.01. The van der Waals surface area contributed by atoms with Gasteiger partial charge in [0, 0.05) is 4.47 Å². The summed E-state index contributed by atoms with van der Waals surface area (Å²) in [7, 11) is 0. The van der Waals surface area contributed by atoms with Gasteiger partial charge in [-0.2, -0.15) is 0 Å². The lowest BCUT2D eigenvalue weighted by atomic mass is 10.1. The number of hydrogen-bond donors (Lipinski definition) is 0. The van der Waals surface area contributed by atoms with Gasteiger partial charge >= 0.3 is 0 Å². The van der Waals surface area contributed by atoms with Crippen molar-refractivity contribution in [3.05, 3.63) is 46.0 Å². The first kappa shape index (κ1) is 9.53. The average molecular weight is 225 g/mol. The van der Waals surface area contributed by atoms with Crippen molar-refractivity contribution in [1.82, 2.24) is 0 Å². The molecule has 1 aromatic rings. The Morgan fingerprint density at radius 3 is 2.83 bits per heavy atom. The second-order valence-electron chi connectivity index (χ2n) is 2.94. The summed E-state index contributed by atoms with van der Waals surface area (Å²) >= 11 is 3.45. The summed E-state index contributed by atoms with van der Waals surface area (Å²) in [6, 6.07) is 8.43. The second kappa shape index (κ2) is 4.46. The molecular weight excluding hydrogens is 212 g/mol. The van der Waals surface area contributed by atoms with Crippen LogP contribution in [0.1, 0.15) is 19.4 Å². The van der Waals surface area contributed by atoms with E-state index in [-0.39, 0.29) is 0 Å². The van der Waals surface area contributed by atoms with E-state index in [0.29, 0.717) is 0 Å². The number of allylic oxidation sites excluding steroid dienone is 2. The third kappa shape index (κ3) is 2.82. The third-order valence-electron chi connectivity index (χ3n) is 1.86. The molecule has 0 nitrogen and oxygen atoms in total. The van der Waals surface area contributed by atoms with E-state index in [1.807, 2.05) is 0 Å². The molecule has 0 spiro atoms. The van der Waals surface area contributed by atoms with Crippen LogP contribution in [0.5, 0.6) is 0 Å². The van der Waals surface area contributed by atoms with Gasteiger partial charge in [0.25, 0.3) is 0 Å². The molecule has 1 heteroatoms. The van der Waals surface area contributed by atoms with Crippen molar-refractivity contribution in [2.24, 2.45) is 0 Å². The van der Waals surface area contributed by atoms with Crippen LogP contribution in [0, 0.1) is 0 Å². The molecule has 0 unspecified atom stereocenters. The fourth-order valence-corrected chi connectivity index (χ4v) is 1.52. The summed E-state index contributed by atoms with van der Waals surface area (Å²) in [5, 5.41) is 0. The van der Waals surface area contributed by atoms with Gasteiger partial charge in [-0.15, -0.1) is 0 Å². The fourth-order valence-electron chi connectivity index (χ4n) is 1.07. The normalized spacial score (nSPS) is 11.8. The molecule has 12 heavy (non-hydrogen) atoms. The minimum atomic E-state index is 1.05. The Morgan fingerprint density at radius 1 is 1.50 bits per heavy atom. The van der Waals surface area contributed by atoms with Crippen LogP contribution in [-0.4, -0.2) is 0 Å². The minimum absolute atomic E-state index is 1.05. The summed E-state index contributed by atoms with van der Waals surface area (Å²) in [4.78, 5) is 0. The highest BCUT2D eigenvalue weighted by atomic mass is 79.9. The van der Waals surface area contributed by atoms with E-state index >= 15 is 0 Å². The summed E-state index contributed by atoms with van der Waals surface area (Å²) in [6.07, 6.45) is 3.21. The van der Waals surface area contributed by atoms with E-state index in [1.165, 1.54) is 11.1 Å². The topological polar surface area (TPSA) is 0 Å². The molecule has 0 saturated heterocycles. The Labute approximate surface area is 82.4 Å². The van der Waals surface area contributed by atoms with Gasteiger partial charge in [-0.3, -0.25) is 0 Å². The molecule has 0 N–H and O–H groups in total. The first-order valence-electron chi connectivity index (χ1n) is 4.08. The maximum absolute atomic E-state index is 3.45. The highest BCUT2D eigenvalue weighted by Gasteiger charge is 1.93. The molecule has 0 radical (unpaired) electrons. The molecule has 0 saturated carbocycles. The maximum Gasteiger partial charge on any atom is 0.0178 e. The third-order valence-corrected chi connectivity index (χ3v) is 2.36. The highest BCUT2D eigenvalue weighted by molar-refractivity contribution is 9.10. The van der Waals surface area contributed by atoms with E-state index in [1.54, 1.807) is 0 Å². The number of benzene rings is 1. The van der Waals surface area contributed by atoms with Crippen molar-refractivity contribution in [2.45, 2.75) is 20.3 Å². The van der Waals surface area contributed by atoms with Gasteiger partial charge in [-0.25, -0.2) is 0 Å². The molecule has 0 amide bonds. The molecule has 0 bridgehead atoms. The van der Waals surface area contributed by atoms with Gasteiger partial charge in [0.15, 0.2) is 0 Å². The lowest BCUT2D eigenvalue weighted by Crippen LogP contribution is -1.85. The van der Waals surface area contributed by atoms with Crippen LogP contribution in [0.25, 0.3) is 0 Å².